The van der Waals surface area contributed by atoms with E-state index in [2.05, 4.69) is 10.6 Å². The minimum absolute atomic E-state index is 0.0774. The molecule has 1 rings (SSSR count). The number of hydrogen-bond acceptors (Lipinski definition) is 7. The van der Waals surface area contributed by atoms with Gasteiger partial charge in [-0.15, -0.1) is 0 Å². The Hall–Kier alpha value is -2.45. The molecule has 10 heteroatoms. The zero-order valence-corrected chi connectivity index (χ0v) is 13.5. The summed E-state index contributed by atoms with van der Waals surface area (Å²) in [6.07, 6.45) is 1.25. The van der Waals surface area contributed by atoms with Gasteiger partial charge in [-0.3, -0.25) is 4.79 Å². The number of nitrogens with zero attached hydrogens (tertiary/aromatic N) is 1. The Balaban J connectivity index is 2.59. The number of ether oxygens (including phenoxy) is 1. The molecule has 130 valence electrons. The molecule has 0 fully saturated rings. The van der Waals surface area contributed by atoms with Crippen molar-refractivity contribution in [2.45, 2.75) is 4.90 Å². The van der Waals surface area contributed by atoms with Crippen LogP contribution in [-0.4, -0.2) is 45.8 Å². The fourth-order valence-corrected chi connectivity index (χ4v) is 2.06. The number of nitriles is 1. The zero-order valence-electron chi connectivity index (χ0n) is 12.7. The minimum Gasteiger partial charge on any atom is -0.394 e. The fraction of sp³-hybridized carbons (Fsp3) is 0.286. The van der Waals surface area contributed by atoms with Crippen molar-refractivity contribution in [3.05, 3.63) is 36.0 Å². The van der Waals surface area contributed by atoms with E-state index in [0.29, 0.717) is 18.8 Å². The molecule has 0 aliphatic rings. The van der Waals surface area contributed by atoms with Gasteiger partial charge in [-0.05, 0) is 24.3 Å². The quantitative estimate of drug-likeness (QED) is 0.259. The van der Waals surface area contributed by atoms with Crippen LogP contribution in [0.15, 0.2) is 40.9 Å². The number of nitrogens with one attached hydrogen (secondary N) is 2. The van der Waals surface area contributed by atoms with Gasteiger partial charge in [0.25, 0.3) is 5.91 Å². The standard InChI is InChI=1S/C14H18N4O5S/c15-9-11(10-17-5-7-23-8-6-19)14(20)18-12-1-3-13(4-2-12)24(16,21)22/h1-4,10,17,19H,5-8H2,(H,18,20)(H2,16,21,22)/b11-10-. The predicted octanol–water partition coefficient (Wildman–Crippen LogP) is -0.722. The SMILES string of the molecule is N#C/C(=C/NCCOCCO)C(=O)Nc1ccc(S(N)(=O)=O)cc1. The van der Waals surface area contributed by atoms with E-state index in [1.54, 1.807) is 6.07 Å². The van der Waals surface area contributed by atoms with Gasteiger partial charge in [0.2, 0.25) is 10.0 Å². The number of carbonyl (C=O) groups excluding carboxylic acids is 1. The number of aliphatic hydroxyl groups is 1. The van der Waals surface area contributed by atoms with Crippen LogP contribution in [0.1, 0.15) is 0 Å². The minimum atomic E-state index is -3.80. The van der Waals surface area contributed by atoms with Gasteiger partial charge < -0.3 is 20.5 Å². The van der Waals surface area contributed by atoms with Gasteiger partial charge in [0.05, 0.1) is 24.7 Å². The molecule has 0 aromatic heterocycles. The second-order valence-electron chi connectivity index (χ2n) is 4.48. The molecule has 0 spiro atoms. The molecular formula is C14H18N4O5S. The lowest BCUT2D eigenvalue weighted by atomic mass is 10.2. The molecule has 0 unspecified atom stereocenters. The third-order valence-corrected chi connectivity index (χ3v) is 3.61. The van der Waals surface area contributed by atoms with Crippen LogP contribution in [0.25, 0.3) is 0 Å². The Kier molecular flexibility index (Phi) is 7.87. The van der Waals surface area contributed by atoms with Crippen LogP contribution in [0.5, 0.6) is 0 Å². The molecule has 1 amide bonds. The number of anilines is 1. The molecule has 0 saturated carbocycles. The van der Waals surface area contributed by atoms with Gasteiger partial charge in [-0.1, -0.05) is 0 Å². The third kappa shape index (κ3) is 6.76. The third-order valence-electron chi connectivity index (χ3n) is 2.68. The number of primary sulfonamides is 1. The van der Waals surface area contributed by atoms with Crippen molar-refractivity contribution in [1.82, 2.24) is 5.32 Å². The first-order valence-corrected chi connectivity index (χ1v) is 8.39. The highest BCUT2D eigenvalue weighted by Crippen LogP contribution is 2.13. The number of hydrogen-bond donors (Lipinski definition) is 4. The van der Waals surface area contributed by atoms with Crippen molar-refractivity contribution in [1.29, 1.82) is 5.26 Å². The molecule has 1 aromatic carbocycles. The summed E-state index contributed by atoms with van der Waals surface area (Å²) in [4.78, 5) is 11.9. The van der Waals surface area contributed by atoms with Gasteiger partial charge in [0.15, 0.2) is 0 Å². The predicted molar refractivity (Wildman–Crippen MR) is 86.0 cm³/mol. The fourth-order valence-electron chi connectivity index (χ4n) is 1.55. The Morgan fingerprint density at radius 1 is 1.33 bits per heavy atom. The van der Waals surface area contributed by atoms with Gasteiger partial charge >= 0.3 is 0 Å². The average Bonchev–Trinajstić information content (AvgIpc) is 2.54. The maximum Gasteiger partial charge on any atom is 0.267 e. The van der Waals surface area contributed by atoms with Crippen molar-refractivity contribution in [2.24, 2.45) is 5.14 Å². The summed E-state index contributed by atoms with van der Waals surface area (Å²) >= 11 is 0. The summed E-state index contributed by atoms with van der Waals surface area (Å²) < 4.78 is 27.3. The van der Waals surface area contributed by atoms with E-state index in [4.69, 9.17) is 20.2 Å². The number of aliphatic hydroxyl groups excluding tert-OH is 1. The first-order chi connectivity index (χ1) is 11.4. The van der Waals surface area contributed by atoms with Crippen molar-refractivity contribution < 1.29 is 23.1 Å². The monoisotopic (exact) mass is 354 g/mol. The smallest absolute Gasteiger partial charge is 0.267 e. The van der Waals surface area contributed by atoms with Crippen molar-refractivity contribution in [3.63, 3.8) is 0 Å². The molecule has 0 aliphatic heterocycles. The lowest BCUT2D eigenvalue weighted by Crippen LogP contribution is -2.19. The molecule has 9 nitrogen and oxygen atoms in total. The van der Waals surface area contributed by atoms with E-state index in [9.17, 15) is 13.2 Å². The van der Waals surface area contributed by atoms with Crippen LogP contribution < -0.4 is 15.8 Å². The maximum absolute atomic E-state index is 11.9. The summed E-state index contributed by atoms with van der Waals surface area (Å²) in [6, 6.07) is 6.97. The topological polar surface area (TPSA) is 155 Å². The van der Waals surface area contributed by atoms with Crippen LogP contribution in [-0.2, 0) is 19.6 Å². The Morgan fingerprint density at radius 2 is 2.00 bits per heavy atom. The Morgan fingerprint density at radius 3 is 2.54 bits per heavy atom. The number of rotatable bonds is 9. The zero-order chi connectivity index (χ0) is 18.0. The average molecular weight is 354 g/mol. The number of sulfonamides is 1. The Bertz CT molecular complexity index is 723. The highest BCUT2D eigenvalue weighted by Gasteiger charge is 2.11. The summed E-state index contributed by atoms with van der Waals surface area (Å²) in [5.41, 5.74) is 0.160. The molecular weight excluding hydrogens is 336 g/mol. The molecule has 0 saturated heterocycles. The largest absolute Gasteiger partial charge is 0.394 e. The molecule has 0 atom stereocenters. The summed E-state index contributed by atoms with van der Waals surface area (Å²) in [5.74, 6) is -0.648. The van der Waals surface area contributed by atoms with Gasteiger partial charge in [-0.2, -0.15) is 5.26 Å². The number of carbonyl (C=O) groups is 1. The van der Waals surface area contributed by atoms with E-state index in [1.807, 2.05) is 0 Å². The Labute approximate surface area is 139 Å². The highest BCUT2D eigenvalue weighted by molar-refractivity contribution is 7.89. The molecule has 0 heterocycles. The number of nitrogens with two attached hydrogens (primary N) is 1. The van der Waals surface area contributed by atoms with Gasteiger partial charge in [-0.25, -0.2) is 13.6 Å². The second-order valence-corrected chi connectivity index (χ2v) is 6.04. The normalized spacial score (nSPS) is 11.6. The summed E-state index contributed by atoms with van der Waals surface area (Å²) in [6.45, 7) is 0.811. The van der Waals surface area contributed by atoms with Crippen LogP contribution in [0, 0.1) is 11.3 Å². The van der Waals surface area contributed by atoms with E-state index >= 15 is 0 Å². The first-order valence-electron chi connectivity index (χ1n) is 6.85. The molecule has 24 heavy (non-hydrogen) atoms. The van der Waals surface area contributed by atoms with Crippen molar-refractivity contribution in [2.75, 3.05) is 31.7 Å². The molecule has 0 aliphatic carbocycles. The number of benzene rings is 1. The molecule has 0 radical (unpaired) electrons. The summed E-state index contributed by atoms with van der Waals surface area (Å²) in [7, 11) is -3.80. The number of amides is 1. The van der Waals surface area contributed by atoms with Crippen molar-refractivity contribution >= 4 is 21.6 Å². The molecule has 1 aromatic rings. The van der Waals surface area contributed by atoms with Crippen LogP contribution in [0.4, 0.5) is 5.69 Å². The molecule has 0 bridgehead atoms. The van der Waals surface area contributed by atoms with Gasteiger partial charge in [0.1, 0.15) is 11.6 Å². The lowest BCUT2D eigenvalue weighted by molar-refractivity contribution is -0.112. The van der Waals surface area contributed by atoms with Crippen LogP contribution in [0.3, 0.4) is 0 Å². The van der Waals surface area contributed by atoms with Gasteiger partial charge in [0, 0.05) is 18.4 Å². The van der Waals surface area contributed by atoms with Crippen LogP contribution in [0.2, 0.25) is 0 Å². The van der Waals surface area contributed by atoms with E-state index in [-0.39, 0.29) is 23.7 Å². The lowest BCUT2D eigenvalue weighted by Gasteiger charge is -2.06. The highest BCUT2D eigenvalue weighted by atomic mass is 32.2. The second kappa shape index (κ2) is 9.64. The van der Waals surface area contributed by atoms with Crippen LogP contribution >= 0.6 is 0 Å². The van der Waals surface area contributed by atoms with E-state index in [1.165, 1.54) is 30.5 Å². The maximum atomic E-state index is 11.9. The van der Waals surface area contributed by atoms with E-state index < -0.39 is 15.9 Å². The summed E-state index contributed by atoms with van der Waals surface area (Å²) in [5, 5.41) is 27.7. The first kappa shape index (κ1) is 19.6. The molecule has 5 N–H and O–H groups in total. The van der Waals surface area contributed by atoms with E-state index in [0.717, 1.165) is 0 Å². The van der Waals surface area contributed by atoms with Crippen molar-refractivity contribution in [3.8, 4) is 6.07 Å².